The summed E-state index contributed by atoms with van der Waals surface area (Å²) in [6.07, 6.45) is 1.69. The third-order valence-electron chi connectivity index (χ3n) is 4.06. The summed E-state index contributed by atoms with van der Waals surface area (Å²) >= 11 is 1.51. The Kier molecular flexibility index (Phi) is 4.94. The molecule has 4 nitrogen and oxygen atoms in total. The largest absolute Gasteiger partial charge is 0.508 e. The van der Waals surface area contributed by atoms with Crippen LogP contribution in [0.3, 0.4) is 0 Å². The number of hydrogen-bond donors (Lipinski definition) is 2. The Morgan fingerprint density at radius 2 is 1.48 bits per heavy atom. The van der Waals surface area contributed by atoms with E-state index in [-0.39, 0.29) is 5.75 Å². The molecule has 0 fully saturated rings. The van der Waals surface area contributed by atoms with Gasteiger partial charge in [0.1, 0.15) is 5.75 Å². The molecule has 0 amide bonds. The van der Waals surface area contributed by atoms with Gasteiger partial charge in [0, 0.05) is 10.9 Å². The van der Waals surface area contributed by atoms with Crippen molar-refractivity contribution >= 4 is 22.7 Å². The van der Waals surface area contributed by atoms with Gasteiger partial charge in [-0.3, -0.25) is 5.43 Å². The Hall–Kier alpha value is -3.44. The fourth-order valence-corrected chi connectivity index (χ4v) is 3.31. The van der Waals surface area contributed by atoms with E-state index < -0.39 is 0 Å². The molecule has 0 saturated heterocycles. The summed E-state index contributed by atoms with van der Waals surface area (Å²) in [5, 5.41) is 16.2. The summed E-state index contributed by atoms with van der Waals surface area (Å²) in [5.74, 6) is 0.239. The van der Waals surface area contributed by atoms with E-state index in [1.807, 2.05) is 23.6 Å². The minimum Gasteiger partial charge on any atom is -0.508 e. The number of rotatable bonds is 5. The third kappa shape index (κ3) is 4.22. The van der Waals surface area contributed by atoms with Crippen molar-refractivity contribution in [2.75, 3.05) is 5.43 Å². The quantitative estimate of drug-likeness (QED) is 0.353. The summed E-state index contributed by atoms with van der Waals surface area (Å²) in [6.45, 7) is 0. The maximum atomic E-state index is 9.28. The predicted molar refractivity (Wildman–Crippen MR) is 112 cm³/mol. The molecule has 1 aromatic heterocycles. The molecule has 0 atom stereocenters. The molecule has 0 aliphatic carbocycles. The molecule has 27 heavy (non-hydrogen) atoms. The van der Waals surface area contributed by atoms with Gasteiger partial charge in [-0.15, -0.1) is 11.3 Å². The summed E-state index contributed by atoms with van der Waals surface area (Å²) in [4.78, 5) is 4.58. The van der Waals surface area contributed by atoms with E-state index >= 15 is 0 Å². The maximum absolute atomic E-state index is 9.28. The van der Waals surface area contributed by atoms with Gasteiger partial charge < -0.3 is 5.11 Å². The van der Waals surface area contributed by atoms with Crippen LogP contribution in [-0.4, -0.2) is 16.3 Å². The van der Waals surface area contributed by atoms with Gasteiger partial charge in [0.25, 0.3) is 0 Å². The highest BCUT2D eigenvalue weighted by Gasteiger charge is 2.05. The number of nitrogens with zero attached hydrogens (tertiary/aromatic N) is 2. The van der Waals surface area contributed by atoms with Crippen LogP contribution in [0, 0.1) is 0 Å². The van der Waals surface area contributed by atoms with Crippen molar-refractivity contribution in [3.8, 4) is 28.1 Å². The summed E-state index contributed by atoms with van der Waals surface area (Å²) in [7, 11) is 0. The minimum atomic E-state index is 0.239. The van der Waals surface area contributed by atoms with E-state index in [4.69, 9.17) is 0 Å². The lowest BCUT2D eigenvalue weighted by molar-refractivity contribution is 0.475. The molecule has 4 aromatic rings. The van der Waals surface area contributed by atoms with Crippen LogP contribution in [0.25, 0.3) is 22.4 Å². The van der Waals surface area contributed by atoms with E-state index in [2.05, 4.69) is 51.9 Å². The van der Waals surface area contributed by atoms with Gasteiger partial charge >= 0.3 is 0 Å². The van der Waals surface area contributed by atoms with Crippen LogP contribution in [0.1, 0.15) is 5.56 Å². The first-order valence-electron chi connectivity index (χ1n) is 8.47. The lowest BCUT2D eigenvalue weighted by atomic mass is 10.0. The zero-order chi connectivity index (χ0) is 18.5. The molecular formula is C22H17N3OS. The van der Waals surface area contributed by atoms with Crippen molar-refractivity contribution < 1.29 is 5.11 Å². The monoisotopic (exact) mass is 371 g/mol. The number of aromatic nitrogens is 1. The highest BCUT2D eigenvalue weighted by atomic mass is 32.1. The van der Waals surface area contributed by atoms with E-state index in [1.54, 1.807) is 30.5 Å². The second-order valence-electron chi connectivity index (χ2n) is 5.94. The third-order valence-corrected chi connectivity index (χ3v) is 4.81. The van der Waals surface area contributed by atoms with Gasteiger partial charge in [0.15, 0.2) is 0 Å². The normalized spacial score (nSPS) is 11.0. The zero-order valence-electron chi connectivity index (χ0n) is 14.4. The minimum absolute atomic E-state index is 0.239. The molecule has 1 heterocycles. The van der Waals surface area contributed by atoms with Gasteiger partial charge in [-0.2, -0.15) is 5.10 Å². The molecule has 0 aliphatic rings. The number of nitrogens with one attached hydrogen (secondary N) is 1. The molecule has 3 aromatic carbocycles. The van der Waals surface area contributed by atoms with E-state index in [0.717, 1.165) is 22.0 Å². The first kappa shape index (κ1) is 17.0. The Morgan fingerprint density at radius 3 is 2.22 bits per heavy atom. The van der Waals surface area contributed by atoms with E-state index in [0.29, 0.717) is 0 Å². The maximum Gasteiger partial charge on any atom is 0.203 e. The molecule has 0 unspecified atom stereocenters. The Bertz CT molecular complexity index is 1040. The first-order chi connectivity index (χ1) is 13.3. The fourth-order valence-electron chi connectivity index (χ4n) is 2.64. The van der Waals surface area contributed by atoms with Crippen LogP contribution in [-0.2, 0) is 0 Å². The summed E-state index contributed by atoms with van der Waals surface area (Å²) < 4.78 is 0. The Morgan fingerprint density at radius 1 is 0.815 bits per heavy atom. The number of hydrazone groups is 1. The van der Waals surface area contributed by atoms with Crippen LogP contribution < -0.4 is 5.43 Å². The summed E-state index contributed by atoms with van der Waals surface area (Å²) in [5.41, 5.74) is 8.22. The van der Waals surface area contributed by atoms with Crippen LogP contribution in [0.4, 0.5) is 5.13 Å². The molecule has 0 saturated carbocycles. The lowest BCUT2D eigenvalue weighted by Gasteiger charge is -2.02. The topological polar surface area (TPSA) is 57.5 Å². The molecule has 0 bridgehead atoms. The number of phenols is 1. The van der Waals surface area contributed by atoms with Crippen LogP contribution in [0.2, 0.25) is 0 Å². The standard InChI is InChI=1S/C22H17N3OS/c26-20-12-6-16(7-13-20)14-23-25-22-24-21(15-27-22)19-10-8-18(9-11-19)17-4-2-1-3-5-17/h1-15,26H,(H,24,25)/b23-14+. The molecule has 0 spiro atoms. The second-order valence-corrected chi connectivity index (χ2v) is 6.80. The van der Waals surface area contributed by atoms with Gasteiger partial charge in [-0.1, -0.05) is 54.6 Å². The van der Waals surface area contributed by atoms with Crippen LogP contribution in [0.5, 0.6) is 5.75 Å². The van der Waals surface area contributed by atoms with Crippen molar-refractivity contribution in [1.29, 1.82) is 0 Å². The lowest BCUT2D eigenvalue weighted by Crippen LogP contribution is -1.90. The Balaban J connectivity index is 1.43. The van der Waals surface area contributed by atoms with E-state index in [9.17, 15) is 5.11 Å². The highest BCUT2D eigenvalue weighted by Crippen LogP contribution is 2.27. The average Bonchev–Trinajstić information content (AvgIpc) is 3.19. The number of benzene rings is 3. The van der Waals surface area contributed by atoms with Gasteiger partial charge in [0.2, 0.25) is 5.13 Å². The van der Waals surface area contributed by atoms with Gasteiger partial charge in [0.05, 0.1) is 11.9 Å². The predicted octanol–water partition coefficient (Wildman–Crippen LogP) is 5.63. The number of hydrogen-bond acceptors (Lipinski definition) is 5. The molecule has 132 valence electrons. The van der Waals surface area contributed by atoms with E-state index in [1.165, 1.54) is 22.5 Å². The SMILES string of the molecule is Oc1ccc(/C=N/Nc2nc(-c3ccc(-c4ccccc4)cc3)cs2)cc1. The number of thiazole rings is 1. The highest BCUT2D eigenvalue weighted by molar-refractivity contribution is 7.14. The average molecular weight is 371 g/mol. The molecular weight excluding hydrogens is 354 g/mol. The van der Waals surface area contributed by atoms with Crippen molar-refractivity contribution in [2.24, 2.45) is 5.10 Å². The number of phenolic OH excluding ortho intramolecular Hbond substituents is 1. The van der Waals surface area contributed by atoms with Crippen LogP contribution >= 0.6 is 11.3 Å². The van der Waals surface area contributed by atoms with Crippen molar-refractivity contribution in [2.45, 2.75) is 0 Å². The van der Waals surface area contributed by atoms with Crippen LogP contribution in [0.15, 0.2) is 89.3 Å². The number of anilines is 1. The van der Waals surface area contributed by atoms with Crippen molar-refractivity contribution in [1.82, 2.24) is 4.98 Å². The first-order valence-corrected chi connectivity index (χ1v) is 9.35. The fraction of sp³-hybridized carbons (Fsp3) is 0. The molecule has 4 rings (SSSR count). The van der Waals surface area contributed by atoms with Gasteiger partial charge in [-0.05, 0) is 41.0 Å². The molecule has 0 aliphatic heterocycles. The molecule has 0 radical (unpaired) electrons. The Labute approximate surface area is 161 Å². The molecule has 5 heteroatoms. The summed E-state index contributed by atoms with van der Waals surface area (Å²) in [6, 6.07) is 25.5. The van der Waals surface area contributed by atoms with Crippen molar-refractivity contribution in [3.63, 3.8) is 0 Å². The smallest absolute Gasteiger partial charge is 0.203 e. The van der Waals surface area contributed by atoms with Crippen molar-refractivity contribution in [3.05, 3.63) is 89.8 Å². The number of aromatic hydroxyl groups is 1. The second kappa shape index (κ2) is 7.85. The zero-order valence-corrected chi connectivity index (χ0v) is 15.2. The molecule has 2 N–H and O–H groups in total. The van der Waals surface area contributed by atoms with Gasteiger partial charge in [-0.25, -0.2) is 4.98 Å².